The van der Waals surface area contributed by atoms with Gasteiger partial charge in [0.05, 0.1) is 0 Å². The molecule has 0 aliphatic rings. The maximum absolute atomic E-state index is 11.0. The van der Waals surface area contributed by atoms with Crippen LogP contribution in [-0.4, -0.2) is 37.2 Å². The Kier molecular flexibility index (Phi) is 5.43. The first-order chi connectivity index (χ1) is 8.00. The van der Waals surface area contributed by atoms with Crippen LogP contribution in [0, 0.1) is 0 Å². The van der Waals surface area contributed by atoms with E-state index in [2.05, 4.69) is 15.3 Å². The molecule has 0 spiro atoms. The average molecular weight is 272 g/mol. The third-order valence-corrected chi connectivity index (χ3v) is 3.16. The molecule has 0 radical (unpaired) electrons. The van der Waals surface area contributed by atoms with Crippen LogP contribution < -0.4 is 11.1 Å². The summed E-state index contributed by atoms with van der Waals surface area (Å²) in [5, 5.41) is 3.17. The first-order valence-corrected chi connectivity index (χ1v) is 7.31. The summed E-state index contributed by atoms with van der Waals surface area (Å²) in [6, 6.07) is 0.142. The van der Waals surface area contributed by atoms with Gasteiger partial charge in [0.25, 0.3) is 0 Å². The zero-order chi connectivity index (χ0) is 12.8. The Morgan fingerprint density at radius 1 is 1.59 bits per heavy atom. The quantitative estimate of drug-likeness (QED) is 0.741. The monoisotopic (exact) mass is 272 g/mol. The molecule has 1 heterocycles. The van der Waals surface area contributed by atoms with Gasteiger partial charge in [-0.1, -0.05) is 12.2 Å². The van der Waals surface area contributed by atoms with Gasteiger partial charge in [-0.3, -0.25) is 4.21 Å². The highest BCUT2D eigenvalue weighted by molar-refractivity contribution is 7.84. The fourth-order valence-electron chi connectivity index (χ4n) is 1.27. The number of hydrogen-bond acceptors (Lipinski definition) is 5. The molecule has 94 valence electrons. The number of hydrogen-bond donors (Lipinski definition) is 2. The topological polar surface area (TPSA) is 80.9 Å². The molecule has 0 aromatic carbocycles. The standard InChI is InChI=1S/C10H16N4OS2/c1-7(3-6-17(2)15)14-10-8(9(11)16)12-4-5-13-10/h4-5,7H,3,6H2,1-2H3,(H2,11,16)(H,13,14). The van der Waals surface area contributed by atoms with E-state index in [4.69, 9.17) is 18.0 Å². The van der Waals surface area contributed by atoms with Gasteiger partial charge in [-0.25, -0.2) is 9.97 Å². The smallest absolute Gasteiger partial charge is 0.155 e. The number of thiocarbonyl (C=S) groups is 1. The fraction of sp³-hybridized carbons (Fsp3) is 0.500. The summed E-state index contributed by atoms with van der Waals surface area (Å²) in [4.78, 5) is 8.44. The van der Waals surface area contributed by atoms with Crippen LogP contribution in [0.1, 0.15) is 19.0 Å². The molecule has 0 bridgehead atoms. The van der Waals surface area contributed by atoms with E-state index in [1.807, 2.05) is 6.92 Å². The van der Waals surface area contributed by atoms with Gasteiger partial charge in [0.2, 0.25) is 0 Å². The molecule has 2 atom stereocenters. The Balaban J connectivity index is 2.67. The lowest BCUT2D eigenvalue weighted by atomic mass is 10.2. The molecule has 0 amide bonds. The van der Waals surface area contributed by atoms with Crippen molar-refractivity contribution in [3.8, 4) is 0 Å². The highest BCUT2D eigenvalue weighted by atomic mass is 32.2. The van der Waals surface area contributed by atoms with Crippen LogP contribution >= 0.6 is 12.2 Å². The van der Waals surface area contributed by atoms with E-state index in [1.165, 1.54) is 0 Å². The second-order valence-corrected chi connectivity index (χ2v) is 5.72. The number of nitrogens with one attached hydrogen (secondary N) is 1. The Morgan fingerprint density at radius 2 is 2.24 bits per heavy atom. The van der Waals surface area contributed by atoms with E-state index in [0.717, 1.165) is 6.42 Å². The predicted octanol–water partition coefficient (Wildman–Crippen LogP) is 0.680. The molecule has 3 N–H and O–H groups in total. The molecule has 0 saturated carbocycles. The van der Waals surface area contributed by atoms with Gasteiger partial charge in [0, 0.05) is 41.2 Å². The zero-order valence-electron chi connectivity index (χ0n) is 9.84. The van der Waals surface area contributed by atoms with Crippen molar-refractivity contribution in [1.29, 1.82) is 0 Å². The van der Waals surface area contributed by atoms with Crippen LogP contribution in [0.2, 0.25) is 0 Å². The van der Waals surface area contributed by atoms with Gasteiger partial charge in [0.1, 0.15) is 10.7 Å². The third-order valence-electron chi connectivity index (χ3n) is 2.15. The fourth-order valence-corrected chi connectivity index (χ4v) is 2.11. The number of nitrogens with zero attached hydrogens (tertiary/aromatic N) is 2. The van der Waals surface area contributed by atoms with E-state index < -0.39 is 10.8 Å². The molecule has 0 aliphatic carbocycles. The first kappa shape index (κ1) is 14.0. The van der Waals surface area contributed by atoms with Crippen LogP contribution in [0.25, 0.3) is 0 Å². The molecule has 1 rings (SSSR count). The molecule has 0 aliphatic heterocycles. The SMILES string of the molecule is CC(CCS(C)=O)Nc1nccnc1C(N)=S. The van der Waals surface area contributed by atoms with Crippen molar-refractivity contribution in [2.75, 3.05) is 17.3 Å². The van der Waals surface area contributed by atoms with Crippen LogP contribution in [0.15, 0.2) is 12.4 Å². The van der Waals surface area contributed by atoms with Gasteiger partial charge in [0.15, 0.2) is 5.82 Å². The van der Waals surface area contributed by atoms with E-state index in [0.29, 0.717) is 17.3 Å². The minimum absolute atomic E-state index is 0.142. The van der Waals surface area contributed by atoms with Crippen molar-refractivity contribution in [2.45, 2.75) is 19.4 Å². The van der Waals surface area contributed by atoms with Crippen LogP contribution in [0.5, 0.6) is 0 Å². The highest BCUT2D eigenvalue weighted by Crippen LogP contribution is 2.10. The molecular formula is C10H16N4OS2. The largest absolute Gasteiger partial charge is 0.388 e. The molecular weight excluding hydrogens is 256 g/mol. The molecule has 17 heavy (non-hydrogen) atoms. The Morgan fingerprint density at radius 3 is 2.82 bits per heavy atom. The maximum Gasteiger partial charge on any atom is 0.155 e. The van der Waals surface area contributed by atoms with Crippen molar-refractivity contribution in [2.24, 2.45) is 5.73 Å². The number of rotatable bonds is 6. The van der Waals surface area contributed by atoms with Gasteiger partial charge >= 0.3 is 0 Å². The molecule has 0 saturated heterocycles. The van der Waals surface area contributed by atoms with Crippen LogP contribution in [-0.2, 0) is 10.8 Å². The minimum Gasteiger partial charge on any atom is -0.388 e. The molecule has 1 aromatic rings. The van der Waals surface area contributed by atoms with Crippen molar-refractivity contribution in [3.63, 3.8) is 0 Å². The molecule has 7 heteroatoms. The van der Waals surface area contributed by atoms with E-state index in [1.54, 1.807) is 18.6 Å². The average Bonchev–Trinajstić information content (AvgIpc) is 2.27. The second kappa shape index (κ2) is 6.61. The summed E-state index contributed by atoms with van der Waals surface area (Å²) in [6.45, 7) is 1.99. The third kappa shape index (κ3) is 4.74. The summed E-state index contributed by atoms with van der Waals surface area (Å²) in [6.07, 6.45) is 5.60. The van der Waals surface area contributed by atoms with Gasteiger partial charge in [-0.15, -0.1) is 0 Å². The summed E-state index contributed by atoms with van der Waals surface area (Å²) in [5.41, 5.74) is 6.05. The maximum atomic E-state index is 11.0. The highest BCUT2D eigenvalue weighted by Gasteiger charge is 2.10. The molecule has 0 fully saturated rings. The van der Waals surface area contributed by atoms with Crippen molar-refractivity contribution in [3.05, 3.63) is 18.1 Å². The van der Waals surface area contributed by atoms with Gasteiger partial charge < -0.3 is 11.1 Å². The van der Waals surface area contributed by atoms with Crippen molar-refractivity contribution in [1.82, 2.24) is 9.97 Å². The van der Waals surface area contributed by atoms with Gasteiger partial charge in [-0.05, 0) is 13.3 Å². The second-order valence-electron chi connectivity index (χ2n) is 3.73. The van der Waals surface area contributed by atoms with E-state index >= 15 is 0 Å². The van der Waals surface area contributed by atoms with Crippen LogP contribution in [0.4, 0.5) is 5.82 Å². The lowest BCUT2D eigenvalue weighted by molar-refractivity contribution is 0.678. The predicted molar refractivity (Wildman–Crippen MR) is 74.6 cm³/mol. The Hall–Kier alpha value is -1.08. The summed E-state index contributed by atoms with van der Waals surface area (Å²) in [5.74, 6) is 1.23. The summed E-state index contributed by atoms with van der Waals surface area (Å²) < 4.78 is 11.0. The lowest BCUT2D eigenvalue weighted by Crippen LogP contribution is -2.22. The van der Waals surface area contributed by atoms with Gasteiger partial charge in [-0.2, -0.15) is 0 Å². The van der Waals surface area contributed by atoms with Crippen LogP contribution in [0.3, 0.4) is 0 Å². The van der Waals surface area contributed by atoms with E-state index in [9.17, 15) is 4.21 Å². The summed E-state index contributed by atoms with van der Waals surface area (Å²) >= 11 is 4.90. The Bertz CT molecular complexity index is 425. The van der Waals surface area contributed by atoms with Crippen molar-refractivity contribution < 1.29 is 4.21 Å². The van der Waals surface area contributed by atoms with E-state index in [-0.39, 0.29) is 11.0 Å². The minimum atomic E-state index is -0.785. The molecule has 2 unspecified atom stereocenters. The Labute approximate surface area is 109 Å². The number of aromatic nitrogens is 2. The molecule has 1 aromatic heterocycles. The lowest BCUT2D eigenvalue weighted by Gasteiger charge is -2.15. The summed E-state index contributed by atoms with van der Waals surface area (Å²) in [7, 11) is -0.785. The zero-order valence-corrected chi connectivity index (χ0v) is 11.5. The number of nitrogens with two attached hydrogens (primary N) is 1. The normalized spacial score (nSPS) is 14.0. The molecule has 5 nitrogen and oxygen atoms in total. The number of anilines is 1. The first-order valence-electron chi connectivity index (χ1n) is 5.18. The van der Waals surface area contributed by atoms with Crippen molar-refractivity contribution >= 4 is 33.8 Å².